The number of hydrogen-bond acceptors (Lipinski definition) is 4. The number of carbonyl (C=O) groups excluding carboxylic acids is 1. The molecule has 0 spiro atoms. The molecule has 2 aromatic carbocycles. The van der Waals surface area contributed by atoms with Crippen LogP contribution in [0.5, 0.6) is 0 Å². The van der Waals surface area contributed by atoms with E-state index in [0.717, 1.165) is 0 Å². The molecule has 1 fully saturated rings. The summed E-state index contributed by atoms with van der Waals surface area (Å²) in [6.07, 6.45) is 1.50. The van der Waals surface area contributed by atoms with E-state index in [1.54, 1.807) is 29.2 Å². The van der Waals surface area contributed by atoms with E-state index in [1.165, 1.54) is 18.3 Å². The van der Waals surface area contributed by atoms with Gasteiger partial charge in [0.1, 0.15) is 5.82 Å². The predicted molar refractivity (Wildman–Crippen MR) is 108 cm³/mol. The molecule has 0 aliphatic carbocycles. The Morgan fingerprint density at radius 1 is 1.14 bits per heavy atom. The molecule has 8 heteroatoms. The molecule has 1 saturated heterocycles. The van der Waals surface area contributed by atoms with E-state index in [-0.39, 0.29) is 5.91 Å². The largest absolute Gasteiger partial charge is 0.378 e. The Labute approximate surface area is 171 Å². The molecule has 5 nitrogen and oxygen atoms in total. The van der Waals surface area contributed by atoms with Crippen LogP contribution in [-0.4, -0.2) is 42.1 Å². The second kappa shape index (κ2) is 7.91. The van der Waals surface area contributed by atoms with Crippen LogP contribution in [-0.2, 0) is 4.74 Å². The highest BCUT2D eigenvalue weighted by Crippen LogP contribution is 2.34. The van der Waals surface area contributed by atoms with Crippen molar-refractivity contribution in [2.45, 2.75) is 0 Å². The van der Waals surface area contributed by atoms with E-state index < -0.39 is 5.82 Å². The molecule has 0 atom stereocenters. The van der Waals surface area contributed by atoms with Crippen LogP contribution in [0.4, 0.5) is 15.8 Å². The highest BCUT2D eigenvalue weighted by Gasteiger charge is 2.23. The molecule has 4 rings (SSSR count). The second-order valence-corrected chi connectivity index (χ2v) is 7.21. The molecule has 1 aromatic heterocycles. The van der Waals surface area contributed by atoms with Gasteiger partial charge in [-0.3, -0.25) is 9.78 Å². The predicted octanol–water partition coefficient (Wildman–Crippen LogP) is 4.90. The third-order valence-corrected chi connectivity index (χ3v) is 5.11. The van der Waals surface area contributed by atoms with Crippen molar-refractivity contribution in [3.63, 3.8) is 0 Å². The van der Waals surface area contributed by atoms with Crippen LogP contribution >= 0.6 is 23.2 Å². The van der Waals surface area contributed by atoms with Crippen LogP contribution in [0.1, 0.15) is 10.4 Å². The number of ether oxygens (including phenoxy) is 1. The fourth-order valence-corrected chi connectivity index (χ4v) is 3.46. The van der Waals surface area contributed by atoms with Gasteiger partial charge in [-0.1, -0.05) is 23.2 Å². The first-order valence-corrected chi connectivity index (χ1v) is 9.46. The number of pyridine rings is 1. The normalized spacial score (nSPS) is 14.3. The zero-order valence-electron chi connectivity index (χ0n) is 14.7. The number of nitrogens with one attached hydrogen (secondary N) is 1. The summed E-state index contributed by atoms with van der Waals surface area (Å²) in [4.78, 5) is 19.2. The maximum atomic E-state index is 14.0. The molecular weight excluding hydrogens is 404 g/mol. The molecule has 1 amide bonds. The van der Waals surface area contributed by atoms with Gasteiger partial charge in [0.2, 0.25) is 0 Å². The first kappa shape index (κ1) is 18.9. The maximum Gasteiger partial charge on any atom is 0.257 e. The minimum atomic E-state index is -0.425. The van der Waals surface area contributed by atoms with Gasteiger partial charge >= 0.3 is 0 Å². The van der Waals surface area contributed by atoms with Gasteiger partial charge < -0.3 is 15.0 Å². The summed E-state index contributed by atoms with van der Waals surface area (Å²) in [7, 11) is 0. The van der Waals surface area contributed by atoms with Crippen LogP contribution in [0.15, 0.2) is 42.6 Å². The third kappa shape index (κ3) is 3.76. The van der Waals surface area contributed by atoms with E-state index in [4.69, 9.17) is 27.9 Å². The third-order valence-electron chi connectivity index (χ3n) is 4.55. The highest BCUT2D eigenvalue weighted by molar-refractivity contribution is 6.35. The van der Waals surface area contributed by atoms with Gasteiger partial charge in [-0.2, -0.15) is 0 Å². The topological polar surface area (TPSA) is 54.5 Å². The Bertz CT molecular complexity index is 1060. The molecule has 2 heterocycles. The van der Waals surface area contributed by atoms with Crippen LogP contribution in [0.3, 0.4) is 0 Å². The van der Waals surface area contributed by atoms with Crippen LogP contribution < -0.4 is 5.32 Å². The number of amides is 1. The SMILES string of the molecule is O=C(c1cnc2ccc(F)cc2c1Nc1cc(Cl)ccc1Cl)N1CCOCC1. The maximum absolute atomic E-state index is 14.0. The van der Waals surface area contributed by atoms with Gasteiger partial charge in [0.25, 0.3) is 5.91 Å². The lowest BCUT2D eigenvalue weighted by Crippen LogP contribution is -2.41. The van der Waals surface area contributed by atoms with E-state index in [2.05, 4.69) is 10.3 Å². The summed E-state index contributed by atoms with van der Waals surface area (Å²) in [5, 5.41) is 4.56. The highest BCUT2D eigenvalue weighted by atomic mass is 35.5. The Morgan fingerprint density at radius 2 is 1.93 bits per heavy atom. The Hall–Kier alpha value is -2.41. The lowest BCUT2D eigenvalue weighted by molar-refractivity contribution is 0.0303. The Kier molecular flexibility index (Phi) is 5.35. The zero-order valence-corrected chi connectivity index (χ0v) is 16.2. The summed E-state index contributed by atoms with van der Waals surface area (Å²) < 4.78 is 19.3. The van der Waals surface area contributed by atoms with Crippen molar-refractivity contribution in [2.24, 2.45) is 0 Å². The number of anilines is 2. The quantitative estimate of drug-likeness (QED) is 0.655. The number of benzene rings is 2. The number of morpholine rings is 1. The van der Waals surface area contributed by atoms with Crippen molar-refractivity contribution in [2.75, 3.05) is 31.6 Å². The van der Waals surface area contributed by atoms with Gasteiger partial charge in [0.15, 0.2) is 0 Å². The van der Waals surface area contributed by atoms with E-state index in [1.807, 2.05) is 0 Å². The fourth-order valence-electron chi connectivity index (χ4n) is 3.13. The average molecular weight is 420 g/mol. The second-order valence-electron chi connectivity index (χ2n) is 6.36. The van der Waals surface area contributed by atoms with Gasteiger partial charge in [0, 0.05) is 29.7 Å². The molecule has 1 N–H and O–H groups in total. The Balaban J connectivity index is 1.85. The summed E-state index contributed by atoms with van der Waals surface area (Å²) in [5.74, 6) is -0.631. The molecule has 0 bridgehead atoms. The summed E-state index contributed by atoms with van der Waals surface area (Å²) in [6, 6.07) is 9.21. The first-order chi connectivity index (χ1) is 13.5. The number of fused-ring (bicyclic) bond motifs is 1. The van der Waals surface area contributed by atoms with Gasteiger partial charge in [-0.15, -0.1) is 0 Å². The van der Waals surface area contributed by atoms with E-state index >= 15 is 0 Å². The molecule has 144 valence electrons. The lowest BCUT2D eigenvalue weighted by atomic mass is 10.1. The zero-order chi connectivity index (χ0) is 19.7. The number of nitrogens with zero attached hydrogens (tertiary/aromatic N) is 2. The van der Waals surface area contributed by atoms with E-state index in [0.29, 0.717) is 64.2 Å². The number of hydrogen-bond donors (Lipinski definition) is 1. The van der Waals surface area contributed by atoms with Crippen molar-refractivity contribution in [1.82, 2.24) is 9.88 Å². The summed E-state index contributed by atoms with van der Waals surface area (Å²) in [6.45, 7) is 1.92. The van der Waals surface area contributed by atoms with Crippen LogP contribution in [0.25, 0.3) is 10.9 Å². The molecule has 0 unspecified atom stereocenters. The van der Waals surface area contributed by atoms with Crippen molar-refractivity contribution >= 4 is 51.4 Å². The molecule has 1 aliphatic heterocycles. The average Bonchev–Trinajstić information content (AvgIpc) is 2.71. The van der Waals surface area contributed by atoms with Gasteiger partial charge in [0.05, 0.1) is 40.7 Å². The fraction of sp³-hybridized carbons (Fsp3) is 0.200. The van der Waals surface area contributed by atoms with Gasteiger partial charge in [-0.25, -0.2) is 4.39 Å². The Morgan fingerprint density at radius 3 is 2.71 bits per heavy atom. The summed E-state index contributed by atoms with van der Waals surface area (Å²) >= 11 is 12.4. The first-order valence-electron chi connectivity index (χ1n) is 8.70. The van der Waals surface area contributed by atoms with Crippen molar-refractivity contribution in [3.8, 4) is 0 Å². The molecule has 28 heavy (non-hydrogen) atoms. The van der Waals surface area contributed by atoms with E-state index in [9.17, 15) is 9.18 Å². The van der Waals surface area contributed by atoms with Crippen molar-refractivity contribution < 1.29 is 13.9 Å². The molecule has 0 saturated carbocycles. The van der Waals surface area contributed by atoms with Crippen molar-refractivity contribution in [3.05, 3.63) is 64.0 Å². The molecule has 0 radical (unpaired) electrons. The molecule has 1 aliphatic rings. The standard InChI is InChI=1S/C20H16Cl2FN3O2/c21-12-1-3-16(22)18(9-12)25-19-14-10-13(23)2-4-17(14)24-11-15(19)20(27)26-5-7-28-8-6-26/h1-4,9-11H,5-8H2,(H,24,25). The van der Waals surface area contributed by atoms with Crippen molar-refractivity contribution in [1.29, 1.82) is 0 Å². The van der Waals surface area contributed by atoms with Gasteiger partial charge in [-0.05, 0) is 36.4 Å². The number of aromatic nitrogens is 1. The molecular formula is C20H16Cl2FN3O2. The minimum absolute atomic E-state index is 0.206. The van der Waals surface area contributed by atoms with Crippen LogP contribution in [0, 0.1) is 5.82 Å². The number of halogens is 3. The molecule has 3 aromatic rings. The monoisotopic (exact) mass is 419 g/mol. The lowest BCUT2D eigenvalue weighted by Gasteiger charge is -2.28. The minimum Gasteiger partial charge on any atom is -0.378 e. The summed E-state index contributed by atoms with van der Waals surface area (Å²) in [5.41, 5.74) is 1.84. The number of carbonyl (C=O) groups is 1. The smallest absolute Gasteiger partial charge is 0.257 e. The number of rotatable bonds is 3. The van der Waals surface area contributed by atoms with Crippen LogP contribution in [0.2, 0.25) is 10.0 Å².